The van der Waals surface area contributed by atoms with Crippen LogP contribution < -0.4 is 9.05 Å². The quantitative estimate of drug-likeness (QED) is 0.470. The van der Waals surface area contributed by atoms with E-state index in [9.17, 15) is 23.7 Å². The van der Waals surface area contributed by atoms with Crippen molar-refractivity contribution in [2.45, 2.75) is 0 Å². The van der Waals surface area contributed by atoms with Crippen molar-refractivity contribution in [1.29, 1.82) is 0 Å². The molecule has 144 valence electrons. The van der Waals surface area contributed by atoms with Gasteiger partial charge in [-0.1, -0.05) is 0 Å². The van der Waals surface area contributed by atoms with Crippen molar-refractivity contribution in [1.82, 2.24) is 0 Å². The second-order valence-corrected chi connectivity index (χ2v) is 5.85. The zero-order chi connectivity index (χ0) is 21.0. The van der Waals surface area contributed by atoms with Gasteiger partial charge in [-0.2, -0.15) is 0 Å². The maximum Gasteiger partial charge on any atom is 0.805 e. The number of carboxylic acid groups (broad SMARTS) is 4. The fourth-order valence-electron chi connectivity index (χ4n) is 2.08. The summed E-state index contributed by atoms with van der Waals surface area (Å²) in [7, 11) is -2.98. The van der Waals surface area contributed by atoms with Crippen molar-refractivity contribution < 1.29 is 53.2 Å². The number of aromatic carboxylic acids is 4. The molecule has 0 spiro atoms. The molecule has 0 bridgehead atoms. The van der Waals surface area contributed by atoms with Crippen molar-refractivity contribution in [3.63, 3.8) is 0 Å². The third-order valence-electron chi connectivity index (χ3n) is 3.26. The summed E-state index contributed by atoms with van der Waals surface area (Å²) >= 11 is 0. The Kier molecular flexibility index (Phi) is 5.91. The summed E-state index contributed by atoms with van der Waals surface area (Å²) in [6.07, 6.45) is 0. The summed E-state index contributed by atoms with van der Waals surface area (Å²) in [5, 5.41) is 35.9. The standard InChI is InChI=1S/C16H9O11P/c17-13(18)9-3-1-7(5-11(9)15(21)22)26-28(25)27-8-2-4-10(14(19)20)12(6-8)16(23)24/h1-6H,(H3-,17,18,19,20,21,22,23,24)/p+1. The van der Waals surface area contributed by atoms with E-state index in [-0.39, 0.29) is 11.5 Å². The first-order valence-electron chi connectivity index (χ1n) is 7.14. The molecule has 2 aromatic carbocycles. The number of carbonyl (C=O) groups is 4. The first kappa shape index (κ1) is 20.3. The van der Waals surface area contributed by atoms with E-state index in [1.54, 1.807) is 0 Å². The van der Waals surface area contributed by atoms with Crippen LogP contribution in [-0.4, -0.2) is 44.3 Å². The van der Waals surface area contributed by atoms with Gasteiger partial charge in [0.15, 0.2) is 11.5 Å². The molecule has 0 radical (unpaired) electrons. The van der Waals surface area contributed by atoms with Crippen molar-refractivity contribution in [3.8, 4) is 11.5 Å². The van der Waals surface area contributed by atoms with E-state index in [0.29, 0.717) is 0 Å². The summed E-state index contributed by atoms with van der Waals surface area (Å²) in [5.41, 5.74) is -2.22. The molecule has 0 atom stereocenters. The van der Waals surface area contributed by atoms with Gasteiger partial charge in [0.25, 0.3) is 0 Å². The molecule has 0 aliphatic rings. The van der Waals surface area contributed by atoms with Crippen molar-refractivity contribution in [2.75, 3.05) is 0 Å². The van der Waals surface area contributed by atoms with E-state index in [1.165, 1.54) is 0 Å². The Bertz CT molecular complexity index is 932. The molecule has 12 heteroatoms. The van der Waals surface area contributed by atoms with Gasteiger partial charge in [-0.05, 0) is 24.3 Å². The lowest BCUT2D eigenvalue weighted by Crippen LogP contribution is -2.08. The minimum absolute atomic E-state index is 0.274. The molecule has 0 amide bonds. The molecule has 0 fully saturated rings. The minimum Gasteiger partial charge on any atom is -0.478 e. The van der Waals surface area contributed by atoms with Crippen LogP contribution in [0.5, 0.6) is 11.5 Å². The lowest BCUT2D eigenvalue weighted by atomic mass is 10.1. The molecule has 2 rings (SSSR count). The minimum atomic E-state index is -2.98. The highest BCUT2D eigenvalue weighted by Gasteiger charge is 2.28. The molecule has 2 aromatic rings. The van der Waals surface area contributed by atoms with Gasteiger partial charge in [-0.25, -0.2) is 28.2 Å². The number of hydrogen-bond acceptors (Lipinski definition) is 7. The van der Waals surface area contributed by atoms with Gasteiger partial charge < -0.3 is 20.4 Å². The van der Waals surface area contributed by atoms with Gasteiger partial charge >= 0.3 is 32.1 Å². The number of carboxylic acids is 4. The van der Waals surface area contributed by atoms with Crippen LogP contribution >= 0.6 is 8.25 Å². The monoisotopic (exact) mass is 409 g/mol. The Morgan fingerprint density at radius 3 is 1.21 bits per heavy atom. The highest BCUT2D eigenvalue weighted by atomic mass is 31.1. The van der Waals surface area contributed by atoms with E-state index < -0.39 is 54.4 Å². The number of benzene rings is 2. The Hall–Kier alpha value is -3.98. The zero-order valence-corrected chi connectivity index (χ0v) is 14.5. The summed E-state index contributed by atoms with van der Waals surface area (Å²) in [5.74, 6) is -6.61. The van der Waals surface area contributed by atoms with Gasteiger partial charge in [0.05, 0.1) is 22.3 Å². The van der Waals surface area contributed by atoms with E-state index in [2.05, 4.69) is 0 Å². The van der Waals surface area contributed by atoms with Gasteiger partial charge in [0, 0.05) is 16.7 Å². The highest BCUT2D eigenvalue weighted by molar-refractivity contribution is 7.34. The van der Waals surface area contributed by atoms with Crippen molar-refractivity contribution in [3.05, 3.63) is 58.7 Å². The first-order chi connectivity index (χ1) is 13.1. The third kappa shape index (κ3) is 4.59. The van der Waals surface area contributed by atoms with Crippen molar-refractivity contribution >= 4 is 32.1 Å². The molecular weight excluding hydrogens is 399 g/mol. The maximum absolute atomic E-state index is 12.0. The molecule has 0 heterocycles. The largest absolute Gasteiger partial charge is 0.805 e. The fourth-order valence-corrected chi connectivity index (χ4v) is 2.69. The molecule has 0 unspecified atom stereocenters. The summed E-state index contributed by atoms with van der Waals surface area (Å²) < 4.78 is 21.7. The topological polar surface area (TPSA) is 185 Å². The molecule has 11 nitrogen and oxygen atoms in total. The Morgan fingerprint density at radius 2 is 0.929 bits per heavy atom. The summed E-state index contributed by atoms with van der Waals surface area (Å²) in [6, 6.07) is 5.66. The second kappa shape index (κ2) is 8.14. The SMILES string of the molecule is O=C(O)c1ccc(O[P+](=O)Oc2ccc(C(=O)O)c(C(=O)O)c2)cc1C(=O)O. The van der Waals surface area contributed by atoms with Gasteiger partial charge in [0.2, 0.25) is 0 Å². The molecule has 0 saturated carbocycles. The predicted octanol–water partition coefficient (Wildman–Crippen LogP) is 2.59. The molecular formula is C16H10O11P+. The summed E-state index contributed by atoms with van der Waals surface area (Å²) in [6.45, 7) is 0. The van der Waals surface area contributed by atoms with E-state index in [0.717, 1.165) is 36.4 Å². The average molecular weight is 409 g/mol. The van der Waals surface area contributed by atoms with Gasteiger partial charge in [-0.3, -0.25) is 0 Å². The average Bonchev–Trinajstić information content (AvgIpc) is 2.60. The Morgan fingerprint density at radius 1 is 0.607 bits per heavy atom. The first-order valence-corrected chi connectivity index (χ1v) is 8.24. The molecule has 0 saturated heterocycles. The van der Waals surface area contributed by atoms with Crippen molar-refractivity contribution in [2.24, 2.45) is 0 Å². The Balaban J connectivity index is 2.23. The lowest BCUT2D eigenvalue weighted by molar-refractivity contribution is 0.0651. The van der Waals surface area contributed by atoms with Crippen LogP contribution in [0, 0.1) is 0 Å². The fraction of sp³-hybridized carbons (Fsp3) is 0. The molecule has 0 aliphatic carbocycles. The van der Waals surface area contributed by atoms with Crippen LogP contribution in [0.25, 0.3) is 0 Å². The smallest absolute Gasteiger partial charge is 0.478 e. The number of hydrogen-bond donors (Lipinski definition) is 4. The van der Waals surface area contributed by atoms with Gasteiger partial charge in [0.1, 0.15) is 0 Å². The maximum atomic E-state index is 12.0. The Labute approximate surface area is 156 Å². The van der Waals surface area contributed by atoms with Crippen LogP contribution in [0.2, 0.25) is 0 Å². The van der Waals surface area contributed by atoms with Crippen LogP contribution in [0.4, 0.5) is 0 Å². The predicted molar refractivity (Wildman–Crippen MR) is 89.6 cm³/mol. The van der Waals surface area contributed by atoms with E-state index in [1.807, 2.05) is 0 Å². The zero-order valence-electron chi connectivity index (χ0n) is 13.6. The summed E-state index contributed by atoms with van der Waals surface area (Å²) in [4.78, 5) is 44.2. The van der Waals surface area contributed by atoms with Gasteiger partial charge in [-0.15, -0.1) is 0 Å². The number of rotatable bonds is 8. The molecule has 0 aromatic heterocycles. The van der Waals surface area contributed by atoms with Crippen LogP contribution in [0.1, 0.15) is 41.4 Å². The molecule has 4 N–H and O–H groups in total. The molecule has 0 aliphatic heterocycles. The van der Waals surface area contributed by atoms with E-state index >= 15 is 0 Å². The lowest BCUT2D eigenvalue weighted by Gasteiger charge is -2.03. The van der Waals surface area contributed by atoms with Crippen LogP contribution in [0.3, 0.4) is 0 Å². The van der Waals surface area contributed by atoms with Crippen LogP contribution in [-0.2, 0) is 4.57 Å². The third-order valence-corrected chi connectivity index (χ3v) is 3.98. The normalized spacial score (nSPS) is 10.0. The second-order valence-electron chi connectivity index (χ2n) is 5.04. The highest BCUT2D eigenvalue weighted by Crippen LogP contribution is 2.32. The van der Waals surface area contributed by atoms with Crippen LogP contribution in [0.15, 0.2) is 36.4 Å². The van der Waals surface area contributed by atoms with E-state index in [4.69, 9.17) is 29.5 Å². The molecule has 28 heavy (non-hydrogen) atoms.